The topological polar surface area (TPSA) is 101 Å². The summed E-state index contributed by atoms with van der Waals surface area (Å²) in [5.74, 6) is -3.08. The van der Waals surface area contributed by atoms with Crippen molar-refractivity contribution in [1.82, 2.24) is 0 Å². The molecule has 0 bridgehead atoms. The normalized spacial score (nSPS) is 16.8. The van der Waals surface area contributed by atoms with Crippen LogP contribution in [0.15, 0.2) is 0 Å². The maximum Gasteiger partial charge on any atom is 0.525 e. The van der Waals surface area contributed by atoms with Crippen LogP contribution >= 0.6 is 8.03 Å². The summed E-state index contributed by atoms with van der Waals surface area (Å²) in [6, 6.07) is 0. The van der Waals surface area contributed by atoms with Crippen LogP contribution in [0.5, 0.6) is 0 Å². The van der Waals surface area contributed by atoms with Gasteiger partial charge in [0.05, 0.1) is 0 Å². The van der Waals surface area contributed by atoms with E-state index < -0.39 is 25.7 Å². The van der Waals surface area contributed by atoms with Gasteiger partial charge in [0.15, 0.2) is 0 Å². The van der Waals surface area contributed by atoms with Crippen LogP contribution in [-0.4, -0.2) is 21.8 Å². The SMILES string of the molecule is CC(C)CC(C(=O)O)[C@H](N)[P+](=O)O. The molecule has 0 aliphatic carbocycles. The van der Waals surface area contributed by atoms with Crippen LogP contribution in [0.1, 0.15) is 20.3 Å². The van der Waals surface area contributed by atoms with Gasteiger partial charge in [0.25, 0.3) is 0 Å². The second-order valence-electron chi connectivity index (χ2n) is 3.37. The van der Waals surface area contributed by atoms with Crippen LogP contribution in [0, 0.1) is 11.8 Å². The molecule has 0 rings (SSSR count). The summed E-state index contributed by atoms with van der Waals surface area (Å²) in [6.45, 7) is 3.68. The second-order valence-corrected chi connectivity index (χ2v) is 4.57. The molecule has 0 fully saturated rings. The van der Waals surface area contributed by atoms with Gasteiger partial charge in [-0.15, -0.1) is 0 Å². The highest BCUT2D eigenvalue weighted by atomic mass is 31.1. The Morgan fingerprint density at radius 3 is 2.23 bits per heavy atom. The van der Waals surface area contributed by atoms with Gasteiger partial charge in [0, 0.05) is 0 Å². The largest absolute Gasteiger partial charge is 0.525 e. The number of rotatable bonds is 5. The van der Waals surface area contributed by atoms with Crippen molar-refractivity contribution in [2.45, 2.75) is 26.1 Å². The lowest BCUT2D eigenvalue weighted by atomic mass is 9.97. The van der Waals surface area contributed by atoms with E-state index in [4.69, 9.17) is 15.7 Å². The molecule has 3 atom stereocenters. The highest BCUT2D eigenvalue weighted by Crippen LogP contribution is 2.28. The van der Waals surface area contributed by atoms with Gasteiger partial charge in [-0.1, -0.05) is 13.8 Å². The van der Waals surface area contributed by atoms with Crippen molar-refractivity contribution in [2.75, 3.05) is 0 Å². The Labute approximate surface area is 77.8 Å². The average molecular weight is 208 g/mol. The molecule has 2 unspecified atom stereocenters. The van der Waals surface area contributed by atoms with Gasteiger partial charge >= 0.3 is 14.0 Å². The van der Waals surface area contributed by atoms with Crippen molar-refractivity contribution < 1.29 is 19.4 Å². The van der Waals surface area contributed by atoms with Crippen LogP contribution in [0.2, 0.25) is 0 Å². The third-order valence-electron chi connectivity index (χ3n) is 1.71. The van der Waals surface area contributed by atoms with Gasteiger partial charge in [-0.3, -0.25) is 10.5 Å². The number of aliphatic carboxylic acids is 1. The summed E-state index contributed by atoms with van der Waals surface area (Å²) in [5.41, 5.74) is 5.30. The van der Waals surface area contributed by atoms with Crippen molar-refractivity contribution in [1.29, 1.82) is 0 Å². The van der Waals surface area contributed by atoms with E-state index in [1.54, 1.807) is 0 Å². The monoisotopic (exact) mass is 208 g/mol. The molecule has 4 N–H and O–H groups in total. The maximum absolute atomic E-state index is 10.7. The Hall–Kier alpha value is -0.510. The van der Waals surface area contributed by atoms with Crippen LogP contribution in [-0.2, 0) is 9.36 Å². The van der Waals surface area contributed by atoms with E-state index in [0.29, 0.717) is 6.42 Å². The van der Waals surface area contributed by atoms with Gasteiger partial charge in [0.2, 0.25) is 5.78 Å². The van der Waals surface area contributed by atoms with Crippen molar-refractivity contribution in [2.24, 2.45) is 17.6 Å². The lowest BCUT2D eigenvalue weighted by Crippen LogP contribution is -2.33. The van der Waals surface area contributed by atoms with Crippen molar-refractivity contribution >= 4 is 14.0 Å². The van der Waals surface area contributed by atoms with E-state index >= 15 is 0 Å². The zero-order valence-corrected chi connectivity index (χ0v) is 8.57. The van der Waals surface area contributed by atoms with Crippen LogP contribution in [0.4, 0.5) is 0 Å². The van der Waals surface area contributed by atoms with Crippen LogP contribution < -0.4 is 5.73 Å². The quantitative estimate of drug-likeness (QED) is 0.579. The van der Waals surface area contributed by atoms with Gasteiger partial charge in [0.1, 0.15) is 5.92 Å². The van der Waals surface area contributed by atoms with Gasteiger partial charge in [-0.25, -0.2) is 0 Å². The molecule has 0 spiro atoms. The zero-order valence-electron chi connectivity index (χ0n) is 7.67. The van der Waals surface area contributed by atoms with E-state index in [2.05, 4.69) is 0 Å². The molecular weight excluding hydrogens is 193 g/mol. The molecule has 0 aromatic rings. The van der Waals surface area contributed by atoms with Gasteiger partial charge in [-0.05, 0) is 16.9 Å². The second kappa shape index (κ2) is 5.27. The number of carboxylic acids is 1. The molecule has 76 valence electrons. The number of carboxylic acid groups (broad SMARTS) is 1. The smallest absolute Gasteiger partial charge is 0.481 e. The summed E-state index contributed by atoms with van der Waals surface area (Å²) in [4.78, 5) is 19.3. The van der Waals surface area contributed by atoms with E-state index in [1.807, 2.05) is 13.8 Å². The summed E-state index contributed by atoms with van der Waals surface area (Å²) in [7, 11) is -2.62. The summed E-state index contributed by atoms with van der Waals surface area (Å²) < 4.78 is 10.6. The first-order valence-corrected chi connectivity index (χ1v) is 5.28. The van der Waals surface area contributed by atoms with Crippen LogP contribution in [0.3, 0.4) is 0 Å². The molecule has 0 amide bonds. The predicted molar refractivity (Wildman–Crippen MR) is 48.4 cm³/mol. The fourth-order valence-electron chi connectivity index (χ4n) is 1.05. The van der Waals surface area contributed by atoms with E-state index in [1.165, 1.54) is 0 Å². The highest BCUT2D eigenvalue weighted by molar-refractivity contribution is 7.38. The molecule has 0 radical (unpaired) electrons. The van der Waals surface area contributed by atoms with Gasteiger partial charge in [-0.2, -0.15) is 4.89 Å². The average Bonchev–Trinajstić information content (AvgIpc) is 1.97. The maximum atomic E-state index is 10.7. The van der Waals surface area contributed by atoms with E-state index in [9.17, 15) is 9.36 Å². The molecule has 0 saturated carbocycles. The molecule has 0 heterocycles. The van der Waals surface area contributed by atoms with Crippen LogP contribution in [0.25, 0.3) is 0 Å². The minimum Gasteiger partial charge on any atom is -0.481 e. The third-order valence-corrected chi connectivity index (χ3v) is 2.58. The summed E-state index contributed by atoms with van der Waals surface area (Å²) >= 11 is 0. The van der Waals surface area contributed by atoms with Crippen molar-refractivity contribution in [3.8, 4) is 0 Å². The highest BCUT2D eigenvalue weighted by Gasteiger charge is 2.39. The number of hydrogen-bond donors (Lipinski definition) is 3. The molecular formula is C7H15NO4P+. The Morgan fingerprint density at radius 1 is 1.54 bits per heavy atom. The lowest BCUT2D eigenvalue weighted by Gasteiger charge is -2.12. The lowest BCUT2D eigenvalue weighted by molar-refractivity contribution is -0.142. The molecule has 0 aromatic heterocycles. The fourth-order valence-corrected chi connectivity index (χ4v) is 1.61. The third kappa shape index (κ3) is 4.31. The number of carbonyl (C=O) groups is 1. The van der Waals surface area contributed by atoms with E-state index in [-0.39, 0.29) is 5.92 Å². The minimum absolute atomic E-state index is 0.141. The fraction of sp³-hybridized carbons (Fsp3) is 0.857. The molecule has 6 heteroatoms. The molecule has 0 aliphatic heterocycles. The summed E-state index contributed by atoms with van der Waals surface area (Å²) in [6.07, 6.45) is 0.318. The predicted octanol–water partition coefficient (Wildman–Crippen LogP) is 0.753. The van der Waals surface area contributed by atoms with E-state index in [0.717, 1.165) is 0 Å². The summed E-state index contributed by atoms with van der Waals surface area (Å²) in [5, 5.41) is 8.72. The van der Waals surface area contributed by atoms with Crippen molar-refractivity contribution in [3.63, 3.8) is 0 Å². The molecule has 0 aromatic carbocycles. The zero-order chi connectivity index (χ0) is 10.6. The first-order valence-electron chi connectivity index (χ1n) is 4.00. The van der Waals surface area contributed by atoms with Crippen molar-refractivity contribution in [3.05, 3.63) is 0 Å². The number of nitrogens with two attached hydrogens (primary N) is 1. The Bertz CT molecular complexity index is 207. The molecule has 0 aliphatic rings. The molecule has 5 nitrogen and oxygen atoms in total. The Balaban J connectivity index is 4.42. The molecule has 0 saturated heterocycles. The minimum atomic E-state index is -2.62. The standard InChI is InChI=1S/C7H14NO4P/c1-4(2)3-5(7(9)10)6(8)13(11)12/h4-6H,3,8H2,1-2H3,(H-,9,10,11,12)/p+1/t5?,6-/m1/s1. The molecule has 13 heavy (non-hydrogen) atoms. The van der Waals surface area contributed by atoms with Gasteiger partial charge < -0.3 is 5.11 Å². The first kappa shape index (κ1) is 12.5. The number of hydrogen-bond acceptors (Lipinski definition) is 3. The Morgan fingerprint density at radius 2 is 2.00 bits per heavy atom. The Kier molecular flexibility index (Phi) is 5.06. The first-order chi connectivity index (χ1) is 5.86.